The number of hydrogen-bond donors (Lipinski definition) is 3. The normalized spacial score (nSPS) is 11.8. The van der Waals surface area contributed by atoms with Gasteiger partial charge in [-0.3, -0.25) is 0 Å². The zero-order valence-corrected chi connectivity index (χ0v) is 14.0. The summed E-state index contributed by atoms with van der Waals surface area (Å²) in [6, 6.07) is 14.9. The molecular formula is C17H20ClNO2S. The minimum absolute atomic E-state index is 0. The lowest BCUT2D eigenvalue weighted by atomic mass is 10.0. The Bertz CT molecular complexity index is 768. The molecule has 2 aromatic carbocycles. The molecule has 0 amide bonds. The van der Waals surface area contributed by atoms with Crippen molar-refractivity contribution in [2.75, 3.05) is 13.2 Å². The Labute approximate surface area is 140 Å². The number of aliphatic hydroxyl groups is 2. The van der Waals surface area contributed by atoms with Crippen LogP contribution in [-0.2, 0) is 6.54 Å². The van der Waals surface area contributed by atoms with E-state index in [1.165, 1.54) is 20.2 Å². The average molecular weight is 338 g/mol. The molecule has 22 heavy (non-hydrogen) atoms. The first-order chi connectivity index (χ1) is 10.1. The zero-order chi connectivity index (χ0) is 14.9. The zero-order valence-electron chi connectivity index (χ0n) is 12.4. The van der Waals surface area contributed by atoms with Gasteiger partial charge in [-0.1, -0.05) is 24.3 Å². The van der Waals surface area contributed by atoms with Crippen molar-refractivity contribution in [3.8, 4) is 0 Å². The highest BCUT2D eigenvalue weighted by atomic mass is 35.5. The van der Waals surface area contributed by atoms with Crippen molar-refractivity contribution < 1.29 is 10.2 Å². The van der Waals surface area contributed by atoms with Gasteiger partial charge in [-0.05, 0) is 30.7 Å². The molecule has 5 heteroatoms. The number of halogens is 1. The molecule has 1 heterocycles. The number of hydrogen-bond acceptors (Lipinski definition) is 4. The third-order valence-corrected chi connectivity index (χ3v) is 5.01. The van der Waals surface area contributed by atoms with Crippen molar-refractivity contribution in [1.29, 1.82) is 0 Å². The largest absolute Gasteiger partial charge is 0.394 e. The van der Waals surface area contributed by atoms with Gasteiger partial charge in [0.1, 0.15) is 0 Å². The standard InChI is InChI=1S/C17H19NO2S.ClH/c1-17(10-19,11-20)18-9-12-6-7-16-14(8-12)13-4-2-3-5-15(13)21-16;/h2-8,18-20H,9-11H2,1H3;1H. The molecule has 0 atom stereocenters. The average Bonchev–Trinajstić information content (AvgIpc) is 2.90. The van der Waals surface area contributed by atoms with Gasteiger partial charge in [0.2, 0.25) is 0 Å². The molecular weight excluding hydrogens is 318 g/mol. The Morgan fingerprint density at radius 1 is 1.00 bits per heavy atom. The predicted octanol–water partition coefficient (Wildman–Crippen LogP) is 3.31. The maximum Gasteiger partial charge on any atom is 0.0633 e. The molecule has 1 aromatic heterocycles. The number of fused-ring (bicyclic) bond motifs is 3. The van der Waals surface area contributed by atoms with Crippen LogP contribution in [0.3, 0.4) is 0 Å². The van der Waals surface area contributed by atoms with Crippen LogP contribution in [0.4, 0.5) is 0 Å². The van der Waals surface area contributed by atoms with Crippen LogP contribution in [0.1, 0.15) is 12.5 Å². The van der Waals surface area contributed by atoms with E-state index in [2.05, 4.69) is 47.8 Å². The Kier molecular flexibility index (Phi) is 5.42. The van der Waals surface area contributed by atoms with Gasteiger partial charge < -0.3 is 15.5 Å². The summed E-state index contributed by atoms with van der Waals surface area (Å²) < 4.78 is 2.58. The highest BCUT2D eigenvalue weighted by molar-refractivity contribution is 7.25. The molecule has 0 bridgehead atoms. The lowest BCUT2D eigenvalue weighted by Gasteiger charge is -2.26. The second-order valence-electron chi connectivity index (χ2n) is 5.66. The van der Waals surface area contributed by atoms with Crippen molar-refractivity contribution in [3.63, 3.8) is 0 Å². The molecule has 0 spiro atoms. The lowest BCUT2D eigenvalue weighted by molar-refractivity contribution is 0.103. The molecule has 0 saturated carbocycles. The van der Waals surface area contributed by atoms with Gasteiger partial charge in [-0.2, -0.15) is 0 Å². The third kappa shape index (κ3) is 3.26. The van der Waals surface area contributed by atoms with Gasteiger partial charge in [-0.15, -0.1) is 23.7 Å². The maximum absolute atomic E-state index is 9.32. The van der Waals surface area contributed by atoms with E-state index in [0.717, 1.165) is 5.56 Å². The van der Waals surface area contributed by atoms with Crippen LogP contribution in [-0.4, -0.2) is 29.0 Å². The lowest BCUT2D eigenvalue weighted by Crippen LogP contribution is -2.48. The predicted molar refractivity (Wildman–Crippen MR) is 96.0 cm³/mol. The molecule has 0 aliphatic rings. The number of thiophene rings is 1. The topological polar surface area (TPSA) is 52.5 Å². The summed E-state index contributed by atoms with van der Waals surface area (Å²) in [7, 11) is 0. The van der Waals surface area contributed by atoms with Crippen LogP contribution < -0.4 is 5.32 Å². The van der Waals surface area contributed by atoms with Gasteiger partial charge in [0.15, 0.2) is 0 Å². The first kappa shape index (κ1) is 17.2. The molecule has 3 aromatic rings. The van der Waals surface area contributed by atoms with Gasteiger partial charge in [-0.25, -0.2) is 0 Å². The minimum Gasteiger partial charge on any atom is -0.394 e. The molecule has 118 valence electrons. The second kappa shape index (κ2) is 6.94. The van der Waals surface area contributed by atoms with E-state index < -0.39 is 5.54 Å². The Morgan fingerprint density at radius 3 is 2.41 bits per heavy atom. The molecule has 3 N–H and O–H groups in total. The van der Waals surface area contributed by atoms with E-state index in [9.17, 15) is 10.2 Å². The van der Waals surface area contributed by atoms with E-state index in [-0.39, 0.29) is 25.6 Å². The number of benzene rings is 2. The Morgan fingerprint density at radius 2 is 1.68 bits per heavy atom. The molecule has 3 nitrogen and oxygen atoms in total. The first-order valence-electron chi connectivity index (χ1n) is 7.02. The fourth-order valence-electron chi connectivity index (χ4n) is 2.36. The van der Waals surface area contributed by atoms with Crippen LogP contribution in [0.25, 0.3) is 20.2 Å². The quantitative estimate of drug-likeness (QED) is 0.669. The summed E-state index contributed by atoms with van der Waals surface area (Å²) in [6.45, 7) is 2.25. The highest BCUT2D eigenvalue weighted by Crippen LogP contribution is 2.34. The van der Waals surface area contributed by atoms with Gasteiger partial charge in [0.25, 0.3) is 0 Å². The van der Waals surface area contributed by atoms with E-state index in [1.807, 2.05) is 6.92 Å². The summed E-state index contributed by atoms with van der Waals surface area (Å²) in [4.78, 5) is 0. The van der Waals surface area contributed by atoms with Crippen LogP contribution in [0.2, 0.25) is 0 Å². The maximum atomic E-state index is 9.32. The number of nitrogens with one attached hydrogen (secondary N) is 1. The van der Waals surface area contributed by atoms with E-state index in [1.54, 1.807) is 11.3 Å². The minimum atomic E-state index is -0.647. The highest BCUT2D eigenvalue weighted by Gasteiger charge is 2.21. The molecule has 0 unspecified atom stereocenters. The van der Waals surface area contributed by atoms with Crippen LogP contribution in [0.15, 0.2) is 42.5 Å². The van der Waals surface area contributed by atoms with Gasteiger partial charge >= 0.3 is 0 Å². The van der Waals surface area contributed by atoms with Gasteiger partial charge in [0.05, 0.1) is 18.8 Å². The smallest absolute Gasteiger partial charge is 0.0633 e. The fraction of sp³-hybridized carbons (Fsp3) is 0.294. The second-order valence-corrected chi connectivity index (χ2v) is 6.74. The van der Waals surface area contributed by atoms with E-state index in [4.69, 9.17) is 0 Å². The van der Waals surface area contributed by atoms with E-state index in [0.29, 0.717) is 6.54 Å². The summed E-state index contributed by atoms with van der Waals surface area (Å²) in [5, 5.41) is 24.4. The SMILES string of the molecule is CC(CO)(CO)NCc1ccc2sc3ccccc3c2c1.Cl. The molecule has 0 fully saturated rings. The van der Waals surface area contributed by atoms with Crippen molar-refractivity contribution in [3.05, 3.63) is 48.0 Å². The molecule has 0 radical (unpaired) electrons. The third-order valence-electron chi connectivity index (χ3n) is 3.86. The molecule has 0 aliphatic heterocycles. The number of rotatable bonds is 5. The van der Waals surface area contributed by atoms with Crippen LogP contribution in [0.5, 0.6) is 0 Å². The summed E-state index contributed by atoms with van der Waals surface area (Å²) in [6.07, 6.45) is 0. The fourth-order valence-corrected chi connectivity index (χ4v) is 3.45. The summed E-state index contributed by atoms with van der Waals surface area (Å²) in [5.74, 6) is 0. The van der Waals surface area contributed by atoms with Crippen LogP contribution >= 0.6 is 23.7 Å². The Balaban J connectivity index is 0.00000176. The summed E-state index contributed by atoms with van der Waals surface area (Å²) in [5.41, 5.74) is 0.505. The number of aliphatic hydroxyl groups excluding tert-OH is 2. The van der Waals surface area contributed by atoms with Crippen molar-refractivity contribution in [2.45, 2.75) is 19.0 Å². The van der Waals surface area contributed by atoms with Crippen LogP contribution in [0, 0.1) is 0 Å². The van der Waals surface area contributed by atoms with Crippen molar-refractivity contribution >= 4 is 43.9 Å². The Hall–Kier alpha value is -1.17. The van der Waals surface area contributed by atoms with Crippen molar-refractivity contribution in [2.24, 2.45) is 0 Å². The monoisotopic (exact) mass is 337 g/mol. The molecule has 3 rings (SSSR count). The first-order valence-corrected chi connectivity index (χ1v) is 7.84. The van der Waals surface area contributed by atoms with Crippen molar-refractivity contribution in [1.82, 2.24) is 5.32 Å². The summed E-state index contributed by atoms with van der Waals surface area (Å²) >= 11 is 1.80. The van der Waals surface area contributed by atoms with Gasteiger partial charge in [0, 0.05) is 26.7 Å². The molecule has 0 saturated heterocycles. The molecule has 0 aliphatic carbocycles. The van der Waals surface area contributed by atoms with E-state index >= 15 is 0 Å².